The third-order valence-electron chi connectivity index (χ3n) is 3.93. The number of methoxy groups -OCH3 is 2. The lowest BCUT2D eigenvalue weighted by Gasteiger charge is -2.15. The standard InChI is InChI=1S/C17H23N3O5/c1-17(2)15(22)20(16(23)19-17)10-14(21)18-8-7-11-5-6-12(24-3)13(9-11)25-4/h5-6,9H,7-8,10H2,1-4H3,(H,18,21)(H,19,23). The minimum Gasteiger partial charge on any atom is -0.493 e. The van der Waals surface area contributed by atoms with E-state index in [4.69, 9.17) is 9.47 Å². The van der Waals surface area contributed by atoms with Crippen molar-refractivity contribution in [3.05, 3.63) is 23.8 Å². The molecule has 0 aliphatic carbocycles. The van der Waals surface area contributed by atoms with Crippen LogP contribution in [0.2, 0.25) is 0 Å². The highest BCUT2D eigenvalue weighted by Crippen LogP contribution is 2.27. The summed E-state index contributed by atoms with van der Waals surface area (Å²) in [6.07, 6.45) is 0.581. The van der Waals surface area contributed by atoms with Crippen LogP contribution in [-0.4, -0.2) is 55.6 Å². The molecule has 0 radical (unpaired) electrons. The Morgan fingerprint density at radius 2 is 1.88 bits per heavy atom. The van der Waals surface area contributed by atoms with Gasteiger partial charge >= 0.3 is 6.03 Å². The second-order valence-electron chi connectivity index (χ2n) is 6.24. The van der Waals surface area contributed by atoms with Crippen LogP contribution in [0.5, 0.6) is 11.5 Å². The third kappa shape index (κ3) is 4.20. The molecule has 0 atom stereocenters. The fraction of sp³-hybridized carbons (Fsp3) is 0.471. The van der Waals surface area contributed by atoms with Gasteiger partial charge in [0.1, 0.15) is 12.1 Å². The molecule has 8 nitrogen and oxygen atoms in total. The van der Waals surface area contributed by atoms with Gasteiger partial charge in [0, 0.05) is 6.54 Å². The highest BCUT2D eigenvalue weighted by Gasteiger charge is 2.44. The Morgan fingerprint density at radius 1 is 1.20 bits per heavy atom. The maximum atomic E-state index is 12.0. The number of nitrogens with one attached hydrogen (secondary N) is 2. The molecule has 8 heteroatoms. The van der Waals surface area contributed by atoms with Crippen LogP contribution in [0.1, 0.15) is 19.4 Å². The van der Waals surface area contributed by atoms with Crippen LogP contribution < -0.4 is 20.1 Å². The average Bonchev–Trinajstić information content (AvgIpc) is 2.76. The van der Waals surface area contributed by atoms with E-state index < -0.39 is 17.5 Å². The molecule has 0 aromatic heterocycles. The predicted molar refractivity (Wildman–Crippen MR) is 90.6 cm³/mol. The Hall–Kier alpha value is -2.77. The number of amides is 4. The van der Waals surface area contributed by atoms with Crippen LogP contribution >= 0.6 is 0 Å². The van der Waals surface area contributed by atoms with E-state index in [0.29, 0.717) is 24.5 Å². The molecule has 4 amide bonds. The van der Waals surface area contributed by atoms with Crippen molar-refractivity contribution in [3.63, 3.8) is 0 Å². The number of hydrogen-bond acceptors (Lipinski definition) is 5. The molecule has 0 bridgehead atoms. The van der Waals surface area contributed by atoms with Gasteiger partial charge in [0.2, 0.25) is 5.91 Å². The number of carbonyl (C=O) groups excluding carboxylic acids is 3. The molecule has 0 spiro atoms. The Morgan fingerprint density at radius 3 is 2.44 bits per heavy atom. The van der Waals surface area contributed by atoms with Gasteiger partial charge in [0.15, 0.2) is 11.5 Å². The molecule has 1 heterocycles. The van der Waals surface area contributed by atoms with Crippen LogP contribution in [-0.2, 0) is 16.0 Å². The van der Waals surface area contributed by atoms with E-state index in [2.05, 4.69) is 10.6 Å². The first kappa shape index (κ1) is 18.6. The van der Waals surface area contributed by atoms with Gasteiger partial charge in [-0.05, 0) is 38.0 Å². The Bertz CT molecular complexity index is 687. The normalized spacial score (nSPS) is 15.8. The largest absolute Gasteiger partial charge is 0.493 e. The third-order valence-corrected chi connectivity index (χ3v) is 3.93. The first-order valence-electron chi connectivity index (χ1n) is 7.90. The predicted octanol–water partition coefficient (Wildman–Crippen LogP) is 0.693. The van der Waals surface area contributed by atoms with E-state index in [-0.39, 0.29) is 12.5 Å². The van der Waals surface area contributed by atoms with Crippen molar-refractivity contribution in [1.29, 1.82) is 0 Å². The minimum atomic E-state index is -0.975. The number of hydrogen-bond donors (Lipinski definition) is 2. The number of rotatable bonds is 7. The molecule has 25 heavy (non-hydrogen) atoms. The Balaban J connectivity index is 1.85. The van der Waals surface area contributed by atoms with Crippen LogP contribution in [0, 0.1) is 0 Å². The van der Waals surface area contributed by atoms with E-state index in [1.54, 1.807) is 34.1 Å². The molecule has 1 aliphatic heterocycles. The quantitative estimate of drug-likeness (QED) is 0.706. The molecule has 1 aliphatic rings. The van der Waals surface area contributed by atoms with Gasteiger partial charge in [0.05, 0.1) is 14.2 Å². The van der Waals surface area contributed by atoms with Gasteiger partial charge in [-0.25, -0.2) is 4.79 Å². The number of benzene rings is 1. The molecular formula is C17H23N3O5. The summed E-state index contributed by atoms with van der Waals surface area (Å²) in [5, 5.41) is 5.24. The lowest BCUT2D eigenvalue weighted by Crippen LogP contribution is -2.43. The molecule has 0 unspecified atom stereocenters. The highest BCUT2D eigenvalue weighted by atomic mass is 16.5. The van der Waals surface area contributed by atoms with E-state index in [1.165, 1.54) is 0 Å². The molecule has 1 aromatic carbocycles. The Kier molecular flexibility index (Phi) is 5.51. The first-order chi connectivity index (χ1) is 11.8. The average molecular weight is 349 g/mol. The zero-order chi connectivity index (χ0) is 18.6. The van der Waals surface area contributed by atoms with Crippen LogP contribution in [0.3, 0.4) is 0 Å². The topological polar surface area (TPSA) is 97.0 Å². The zero-order valence-corrected chi connectivity index (χ0v) is 14.8. The van der Waals surface area contributed by atoms with Crippen LogP contribution in [0.15, 0.2) is 18.2 Å². The van der Waals surface area contributed by atoms with Gasteiger partial charge < -0.3 is 20.1 Å². The number of carbonyl (C=O) groups is 3. The maximum absolute atomic E-state index is 12.0. The molecular weight excluding hydrogens is 326 g/mol. The summed E-state index contributed by atoms with van der Waals surface area (Å²) in [7, 11) is 3.12. The SMILES string of the molecule is COc1ccc(CCNC(=O)CN2C(=O)NC(C)(C)C2=O)cc1OC. The number of imide groups is 1. The molecule has 136 valence electrons. The molecule has 2 N–H and O–H groups in total. The monoisotopic (exact) mass is 349 g/mol. The van der Waals surface area contributed by atoms with E-state index in [0.717, 1.165) is 10.5 Å². The van der Waals surface area contributed by atoms with Gasteiger partial charge in [-0.2, -0.15) is 0 Å². The summed E-state index contributed by atoms with van der Waals surface area (Å²) in [6, 6.07) is 4.97. The Labute approximate surface area is 146 Å². The highest BCUT2D eigenvalue weighted by molar-refractivity contribution is 6.08. The summed E-state index contributed by atoms with van der Waals surface area (Å²) in [5.74, 6) is 0.457. The van der Waals surface area contributed by atoms with Crippen LogP contribution in [0.4, 0.5) is 4.79 Å². The van der Waals surface area contributed by atoms with Crippen LogP contribution in [0.25, 0.3) is 0 Å². The van der Waals surface area contributed by atoms with Crippen molar-refractivity contribution in [3.8, 4) is 11.5 Å². The van der Waals surface area contributed by atoms with Gasteiger partial charge in [-0.1, -0.05) is 6.07 Å². The second-order valence-corrected chi connectivity index (χ2v) is 6.24. The van der Waals surface area contributed by atoms with Crippen molar-refractivity contribution in [2.24, 2.45) is 0 Å². The maximum Gasteiger partial charge on any atom is 0.325 e. The van der Waals surface area contributed by atoms with Crippen molar-refractivity contribution < 1.29 is 23.9 Å². The second kappa shape index (κ2) is 7.42. The van der Waals surface area contributed by atoms with E-state index >= 15 is 0 Å². The van der Waals surface area contributed by atoms with Gasteiger partial charge in [-0.3, -0.25) is 14.5 Å². The fourth-order valence-corrected chi connectivity index (χ4v) is 2.54. The van der Waals surface area contributed by atoms with E-state index in [9.17, 15) is 14.4 Å². The number of ether oxygens (including phenoxy) is 2. The summed E-state index contributed by atoms with van der Waals surface area (Å²) in [5.41, 5.74) is -0.00845. The molecule has 1 aromatic rings. The fourth-order valence-electron chi connectivity index (χ4n) is 2.54. The first-order valence-corrected chi connectivity index (χ1v) is 7.90. The zero-order valence-electron chi connectivity index (χ0n) is 14.8. The minimum absolute atomic E-state index is 0.292. The van der Waals surface area contributed by atoms with Crippen molar-refractivity contribution in [2.75, 3.05) is 27.3 Å². The van der Waals surface area contributed by atoms with E-state index in [1.807, 2.05) is 12.1 Å². The number of nitrogens with zero attached hydrogens (tertiary/aromatic N) is 1. The summed E-state index contributed by atoms with van der Waals surface area (Å²) in [6.45, 7) is 3.28. The summed E-state index contributed by atoms with van der Waals surface area (Å²) < 4.78 is 10.4. The lowest BCUT2D eigenvalue weighted by atomic mass is 10.1. The molecule has 0 saturated carbocycles. The van der Waals surface area contributed by atoms with Gasteiger partial charge in [0.25, 0.3) is 5.91 Å². The number of urea groups is 1. The lowest BCUT2D eigenvalue weighted by molar-refractivity contribution is -0.134. The van der Waals surface area contributed by atoms with Crippen molar-refractivity contribution in [2.45, 2.75) is 25.8 Å². The summed E-state index contributed by atoms with van der Waals surface area (Å²) in [4.78, 5) is 36.7. The molecule has 2 rings (SSSR count). The smallest absolute Gasteiger partial charge is 0.325 e. The van der Waals surface area contributed by atoms with Crippen molar-refractivity contribution >= 4 is 17.8 Å². The summed E-state index contributed by atoms with van der Waals surface area (Å²) >= 11 is 0. The van der Waals surface area contributed by atoms with Gasteiger partial charge in [-0.15, -0.1) is 0 Å². The van der Waals surface area contributed by atoms with Crippen molar-refractivity contribution in [1.82, 2.24) is 15.5 Å². The molecule has 1 fully saturated rings. The molecule has 1 saturated heterocycles.